The molecule has 1 aromatic heterocycles. The lowest BCUT2D eigenvalue weighted by Gasteiger charge is -2.25. The summed E-state index contributed by atoms with van der Waals surface area (Å²) in [6, 6.07) is 1.41. The lowest BCUT2D eigenvalue weighted by atomic mass is 10.1. The van der Waals surface area contributed by atoms with Gasteiger partial charge in [-0.2, -0.15) is 0 Å². The van der Waals surface area contributed by atoms with Crippen molar-refractivity contribution in [1.82, 2.24) is 9.88 Å². The second-order valence-electron chi connectivity index (χ2n) is 4.56. The highest BCUT2D eigenvalue weighted by Crippen LogP contribution is 2.22. The minimum absolute atomic E-state index is 0.0251. The summed E-state index contributed by atoms with van der Waals surface area (Å²) in [4.78, 5) is 28.5. The van der Waals surface area contributed by atoms with E-state index in [0.29, 0.717) is 18.9 Å². The fraction of sp³-hybridized carbons (Fsp3) is 0.538. The van der Waals surface area contributed by atoms with Gasteiger partial charge in [0, 0.05) is 25.2 Å². The van der Waals surface area contributed by atoms with Crippen molar-refractivity contribution in [2.75, 3.05) is 18.4 Å². The number of carbonyl (C=O) groups is 1. The summed E-state index contributed by atoms with van der Waals surface area (Å²) in [5, 5.41) is 14.0. The molecule has 1 heterocycles. The van der Waals surface area contributed by atoms with Crippen molar-refractivity contribution in [3.63, 3.8) is 0 Å². The summed E-state index contributed by atoms with van der Waals surface area (Å²) >= 11 is 0. The Morgan fingerprint density at radius 2 is 2.15 bits per heavy atom. The number of amides is 1. The second-order valence-corrected chi connectivity index (χ2v) is 4.56. The number of nitrogens with zero attached hydrogens (tertiary/aromatic N) is 3. The molecule has 0 unspecified atom stereocenters. The molecule has 0 fully saturated rings. The van der Waals surface area contributed by atoms with E-state index in [0.717, 1.165) is 6.20 Å². The van der Waals surface area contributed by atoms with E-state index in [1.54, 1.807) is 4.90 Å². The Bertz CT molecular complexity index is 502. The van der Waals surface area contributed by atoms with E-state index < -0.39 is 4.92 Å². The molecule has 7 heteroatoms. The summed E-state index contributed by atoms with van der Waals surface area (Å²) in [6.45, 7) is 8.60. The zero-order valence-corrected chi connectivity index (χ0v) is 12.2. The van der Waals surface area contributed by atoms with Gasteiger partial charge in [-0.3, -0.25) is 14.9 Å². The zero-order valence-electron chi connectivity index (χ0n) is 12.2. The van der Waals surface area contributed by atoms with Gasteiger partial charge in [-0.1, -0.05) is 0 Å². The van der Waals surface area contributed by atoms with E-state index >= 15 is 0 Å². The zero-order chi connectivity index (χ0) is 15.3. The summed E-state index contributed by atoms with van der Waals surface area (Å²) < 4.78 is 0. The van der Waals surface area contributed by atoms with E-state index in [1.807, 2.05) is 27.7 Å². The van der Waals surface area contributed by atoms with E-state index in [2.05, 4.69) is 10.3 Å². The number of carbonyl (C=O) groups excluding carboxylic acids is 1. The minimum atomic E-state index is -0.579. The number of hydrogen-bond donors (Lipinski definition) is 1. The smallest absolute Gasteiger partial charge is 0.300 e. The number of hydrogen-bond acceptors (Lipinski definition) is 5. The van der Waals surface area contributed by atoms with Crippen LogP contribution >= 0.6 is 0 Å². The van der Waals surface area contributed by atoms with Gasteiger partial charge in [0.05, 0.1) is 4.92 Å². The predicted octanol–water partition coefficient (Wildman–Crippen LogP) is 2.29. The summed E-state index contributed by atoms with van der Waals surface area (Å²) in [5.41, 5.74) is -0.202. The normalized spacial score (nSPS) is 10.4. The van der Waals surface area contributed by atoms with Crippen molar-refractivity contribution < 1.29 is 9.72 Å². The van der Waals surface area contributed by atoms with Crippen LogP contribution in [0.2, 0.25) is 0 Å². The number of pyridine rings is 1. The maximum atomic E-state index is 12.5. The highest BCUT2D eigenvalue weighted by Gasteiger charge is 2.26. The predicted molar refractivity (Wildman–Crippen MR) is 76.9 cm³/mol. The maximum absolute atomic E-state index is 12.5. The fourth-order valence-electron chi connectivity index (χ4n) is 1.94. The molecule has 1 N–H and O–H groups in total. The molecule has 0 saturated carbocycles. The van der Waals surface area contributed by atoms with E-state index in [-0.39, 0.29) is 23.2 Å². The first-order chi connectivity index (χ1) is 9.42. The number of nitrogens with one attached hydrogen (secondary N) is 1. The van der Waals surface area contributed by atoms with Crippen LogP contribution < -0.4 is 5.32 Å². The van der Waals surface area contributed by atoms with Gasteiger partial charge in [0.25, 0.3) is 11.6 Å². The third kappa shape index (κ3) is 3.43. The number of rotatable bonds is 6. The van der Waals surface area contributed by atoms with Crippen LogP contribution in [-0.4, -0.2) is 39.8 Å². The van der Waals surface area contributed by atoms with Gasteiger partial charge < -0.3 is 10.2 Å². The average Bonchev–Trinajstić information content (AvgIpc) is 2.39. The molecule has 0 bridgehead atoms. The molecule has 20 heavy (non-hydrogen) atoms. The average molecular weight is 280 g/mol. The highest BCUT2D eigenvalue weighted by atomic mass is 16.6. The third-order valence-corrected chi connectivity index (χ3v) is 2.89. The Hall–Kier alpha value is -2.18. The van der Waals surface area contributed by atoms with Gasteiger partial charge in [-0.05, 0) is 27.7 Å². The lowest BCUT2D eigenvalue weighted by molar-refractivity contribution is -0.385. The topological polar surface area (TPSA) is 88.4 Å². The molecule has 1 aromatic rings. The molecule has 0 aliphatic heterocycles. The Kier molecular flexibility index (Phi) is 5.42. The SMILES string of the molecule is CCNc1cc(C(=O)N(CC)C(C)C)c([N+](=O)[O-])cn1. The number of aromatic nitrogens is 1. The van der Waals surface area contributed by atoms with Crippen LogP contribution in [0.1, 0.15) is 38.1 Å². The molecule has 7 nitrogen and oxygen atoms in total. The van der Waals surface area contributed by atoms with Crippen molar-refractivity contribution in [2.24, 2.45) is 0 Å². The van der Waals surface area contributed by atoms with Gasteiger partial charge >= 0.3 is 0 Å². The van der Waals surface area contributed by atoms with Crippen molar-refractivity contribution in [3.8, 4) is 0 Å². The van der Waals surface area contributed by atoms with Gasteiger partial charge in [0.2, 0.25) is 0 Å². The van der Waals surface area contributed by atoms with E-state index in [9.17, 15) is 14.9 Å². The maximum Gasteiger partial charge on any atom is 0.300 e. The Labute approximate surface area is 118 Å². The Morgan fingerprint density at radius 1 is 1.50 bits per heavy atom. The quantitative estimate of drug-likeness (QED) is 0.638. The van der Waals surface area contributed by atoms with Crippen LogP contribution in [0.3, 0.4) is 0 Å². The highest BCUT2D eigenvalue weighted by molar-refractivity contribution is 5.98. The first-order valence-corrected chi connectivity index (χ1v) is 6.61. The monoisotopic (exact) mass is 280 g/mol. The largest absolute Gasteiger partial charge is 0.370 e. The second kappa shape index (κ2) is 6.83. The van der Waals surface area contributed by atoms with Crippen LogP contribution in [0.4, 0.5) is 11.5 Å². The molecule has 110 valence electrons. The fourth-order valence-corrected chi connectivity index (χ4v) is 1.94. The molecule has 0 aliphatic rings. The third-order valence-electron chi connectivity index (χ3n) is 2.89. The number of anilines is 1. The van der Waals surface area contributed by atoms with Gasteiger partial charge in [0.15, 0.2) is 0 Å². The standard InChI is InChI=1S/C13H20N4O3/c1-5-14-12-7-10(11(8-15-12)17(19)20)13(18)16(6-2)9(3)4/h7-9H,5-6H2,1-4H3,(H,14,15). The van der Waals surface area contributed by atoms with Crippen LogP contribution in [-0.2, 0) is 0 Å². The van der Waals surface area contributed by atoms with Crippen molar-refractivity contribution >= 4 is 17.4 Å². The lowest BCUT2D eigenvalue weighted by Crippen LogP contribution is -2.37. The molecule has 0 spiro atoms. The molecule has 0 aliphatic carbocycles. The summed E-state index contributed by atoms with van der Waals surface area (Å²) in [5.74, 6) is 0.108. The molecule has 0 aromatic carbocycles. The first-order valence-electron chi connectivity index (χ1n) is 6.61. The Morgan fingerprint density at radius 3 is 2.60 bits per heavy atom. The summed E-state index contributed by atoms with van der Waals surface area (Å²) in [7, 11) is 0. The van der Waals surface area contributed by atoms with Crippen LogP contribution in [0, 0.1) is 10.1 Å². The number of nitro groups is 1. The summed E-state index contributed by atoms with van der Waals surface area (Å²) in [6.07, 6.45) is 1.12. The van der Waals surface area contributed by atoms with E-state index in [4.69, 9.17) is 0 Å². The molecule has 1 amide bonds. The van der Waals surface area contributed by atoms with Crippen molar-refractivity contribution in [3.05, 3.63) is 27.9 Å². The molecule has 0 saturated heterocycles. The van der Waals surface area contributed by atoms with Crippen molar-refractivity contribution in [2.45, 2.75) is 33.7 Å². The van der Waals surface area contributed by atoms with Gasteiger partial charge in [-0.25, -0.2) is 4.98 Å². The van der Waals surface area contributed by atoms with E-state index in [1.165, 1.54) is 6.07 Å². The minimum Gasteiger partial charge on any atom is -0.370 e. The molecule has 0 radical (unpaired) electrons. The van der Waals surface area contributed by atoms with Crippen LogP contribution in [0.15, 0.2) is 12.3 Å². The molecule has 1 rings (SSSR count). The molecular formula is C13H20N4O3. The first kappa shape index (κ1) is 15.9. The van der Waals surface area contributed by atoms with Crippen LogP contribution in [0.5, 0.6) is 0 Å². The molecule has 0 atom stereocenters. The molecular weight excluding hydrogens is 260 g/mol. The Balaban J connectivity index is 3.27. The van der Waals surface area contributed by atoms with Crippen molar-refractivity contribution in [1.29, 1.82) is 0 Å². The van der Waals surface area contributed by atoms with Gasteiger partial charge in [0.1, 0.15) is 17.6 Å². The van der Waals surface area contributed by atoms with Crippen LogP contribution in [0.25, 0.3) is 0 Å². The van der Waals surface area contributed by atoms with Gasteiger partial charge in [-0.15, -0.1) is 0 Å².